The number of cyclic esters (lactones) is 1. The summed E-state index contributed by atoms with van der Waals surface area (Å²) in [6, 6.07) is 12.6. The number of carbonyl (C=O) groups excluding carboxylic acids is 2. The van der Waals surface area contributed by atoms with Crippen molar-refractivity contribution >= 4 is 46.5 Å². The van der Waals surface area contributed by atoms with Crippen molar-refractivity contribution in [3.63, 3.8) is 0 Å². The highest BCUT2D eigenvalue weighted by Crippen LogP contribution is 2.30. The Balaban J connectivity index is 1.79. The van der Waals surface area contributed by atoms with Crippen LogP contribution in [0.15, 0.2) is 53.2 Å². The molecule has 0 N–H and O–H groups in total. The number of nitrogens with zero attached hydrogens (tertiary/aromatic N) is 1. The van der Waals surface area contributed by atoms with Crippen molar-refractivity contribution in [3.05, 3.63) is 62.9 Å². The highest BCUT2D eigenvalue weighted by Gasteiger charge is 2.24. The molecular formula is C21H18INO6. The van der Waals surface area contributed by atoms with Gasteiger partial charge in [-0.3, -0.25) is 0 Å². The maximum atomic E-state index is 12.2. The summed E-state index contributed by atoms with van der Waals surface area (Å²) in [6.45, 7) is 1.79. The summed E-state index contributed by atoms with van der Waals surface area (Å²) in [4.78, 5) is 27.9. The first-order valence-electron chi connectivity index (χ1n) is 8.75. The third-order valence-electron chi connectivity index (χ3n) is 3.85. The van der Waals surface area contributed by atoms with Gasteiger partial charge in [-0.05, 0) is 77.6 Å². The molecule has 0 fully saturated rings. The number of benzene rings is 2. The number of carbonyl (C=O) groups is 2. The Morgan fingerprint density at radius 2 is 1.93 bits per heavy atom. The van der Waals surface area contributed by atoms with E-state index >= 15 is 0 Å². The molecule has 0 spiro atoms. The van der Waals surface area contributed by atoms with Crippen molar-refractivity contribution in [1.82, 2.24) is 0 Å². The lowest BCUT2D eigenvalue weighted by atomic mass is 10.1. The molecule has 0 aliphatic carbocycles. The quantitative estimate of drug-likeness (QED) is 0.324. The molecule has 8 heteroatoms. The Labute approximate surface area is 181 Å². The molecule has 0 radical (unpaired) electrons. The van der Waals surface area contributed by atoms with Gasteiger partial charge in [-0.2, -0.15) is 0 Å². The van der Waals surface area contributed by atoms with E-state index < -0.39 is 11.9 Å². The zero-order chi connectivity index (χ0) is 20.8. The van der Waals surface area contributed by atoms with E-state index in [0.29, 0.717) is 17.1 Å². The summed E-state index contributed by atoms with van der Waals surface area (Å²) in [5.74, 6) is 0.0719. The number of ether oxygens (including phenoxy) is 4. The minimum Gasteiger partial charge on any atom is -0.493 e. The fourth-order valence-corrected chi connectivity index (χ4v) is 2.88. The fourth-order valence-electron chi connectivity index (χ4n) is 2.52. The Hall–Kier alpha value is -2.88. The Morgan fingerprint density at radius 3 is 2.62 bits per heavy atom. The molecule has 0 saturated carbocycles. The first kappa shape index (κ1) is 20.8. The monoisotopic (exact) mass is 507 g/mol. The average molecular weight is 507 g/mol. The fraction of sp³-hybridized carbons (Fsp3) is 0.190. The summed E-state index contributed by atoms with van der Waals surface area (Å²) in [7, 11) is 1.49. The predicted octanol–water partition coefficient (Wildman–Crippen LogP) is 3.59. The molecule has 150 valence electrons. The van der Waals surface area contributed by atoms with Gasteiger partial charge < -0.3 is 18.9 Å². The first-order chi connectivity index (χ1) is 14.0. The number of aliphatic imine (C=N–C) groups is 1. The maximum Gasteiger partial charge on any atom is 0.363 e. The summed E-state index contributed by atoms with van der Waals surface area (Å²) in [5, 5.41) is 0. The maximum absolute atomic E-state index is 12.2. The van der Waals surface area contributed by atoms with Gasteiger partial charge in [0.15, 0.2) is 23.8 Å². The van der Waals surface area contributed by atoms with Gasteiger partial charge in [-0.15, -0.1) is 0 Å². The highest BCUT2D eigenvalue weighted by atomic mass is 127. The van der Waals surface area contributed by atoms with Crippen LogP contribution in [-0.2, 0) is 19.1 Å². The van der Waals surface area contributed by atoms with Crippen molar-refractivity contribution < 1.29 is 28.5 Å². The van der Waals surface area contributed by atoms with E-state index in [1.807, 2.05) is 24.3 Å². The SMILES string of the molecule is CCOC(=O)COc1ccc(/C=C2\N=C(c3ccc(I)cc3)OC2=O)cc1OC. The molecule has 2 aromatic rings. The van der Waals surface area contributed by atoms with E-state index in [9.17, 15) is 9.59 Å². The molecule has 0 unspecified atom stereocenters. The number of hydrogen-bond donors (Lipinski definition) is 0. The van der Waals surface area contributed by atoms with Crippen molar-refractivity contribution in [1.29, 1.82) is 0 Å². The van der Waals surface area contributed by atoms with Gasteiger partial charge in [-0.25, -0.2) is 14.6 Å². The van der Waals surface area contributed by atoms with Gasteiger partial charge in [-0.1, -0.05) is 6.07 Å². The van der Waals surface area contributed by atoms with Crippen LogP contribution in [0.5, 0.6) is 11.5 Å². The van der Waals surface area contributed by atoms with Crippen LogP contribution in [0.2, 0.25) is 0 Å². The second kappa shape index (κ2) is 9.55. The van der Waals surface area contributed by atoms with Crippen molar-refractivity contribution in [3.8, 4) is 11.5 Å². The van der Waals surface area contributed by atoms with Gasteiger partial charge in [0.1, 0.15) is 0 Å². The van der Waals surface area contributed by atoms with E-state index in [2.05, 4.69) is 27.6 Å². The van der Waals surface area contributed by atoms with E-state index in [1.165, 1.54) is 7.11 Å². The molecule has 0 bridgehead atoms. The van der Waals surface area contributed by atoms with Crippen LogP contribution in [0.1, 0.15) is 18.1 Å². The van der Waals surface area contributed by atoms with Crippen LogP contribution < -0.4 is 9.47 Å². The van der Waals surface area contributed by atoms with Gasteiger partial charge in [0.05, 0.1) is 13.7 Å². The molecule has 3 rings (SSSR count). The van der Waals surface area contributed by atoms with E-state index in [4.69, 9.17) is 18.9 Å². The van der Waals surface area contributed by atoms with Gasteiger partial charge in [0.2, 0.25) is 5.90 Å². The van der Waals surface area contributed by atoms with Crippen molar-refractivity contribution in [2.45, 2.75) is 6.92 Å². The molecular weight excluding hydrogens is 489 g/mol. The Kier molecular flexibility index (Phi) is 6.86. The van der Waals surface area contributed by atoms with Crippen molar-refractivity contribution in [2.24, 2.45) is 4.99 Å². The molecule has 0 atom stereocenters. The van der Waals surface area contributed by atoms with Crippen LogP contribution >= 0.6 is 22.6 Å². The molecule has 7 nitrogen and oxygen atoms in total. The smallest absolute Gasteiger partial charge is 0.363 e. The predicted molar refractivity (Wildman–Crippen MR) is 115 cm³/mol. The number of methoxy groups -OCH3 is 1. The highest BCUT2D eigenvalue weighted by molar-refractivity contribution is 14.1. The number of halogens is 1. The standard InChI is InChI=1S/C21H18INO6/c1-3-27-19(24)12-28-17-9-4-13(11-18(17)26-2)10-16-21(25)29-20(23-16)14-5-7-15(22)8-6-14/h4-11H,3,12H2,1-2H3/b16-10-. The third-order valence-corrected chi connectivity index (χ3v) is 4.57. The van der Waals surface area contributed by atoms with Gasteiger partial charge >= 0.3 is 11.9 Å². The molecule has 0 amide bonds. The van der Waals surface area contributed by atoms with E-state index in [1.54, 1.807) is 31.2 Å². The zero-order valence-corrected chi connectivity index (χ0v) is 18.0. The molecule has 0 saturated heterocycles. The summed E-state index contributed by atoms with van der Waals surface area (Å²) in [5.41, 5.74) is 1.58. The lowest BCUT2D eigenvalue weighted by Crippen LogP contribution is -2.14. The third kappa shape index (κ3) is 5.35. The van der Waals surface area contributed by atoms with E-state index in [0.717, 1.165) is 9.13 Å². The molecule has 2 aromatic carbocycles. The Bertz CT molecular complexity index is 981. The summed E-state index contributed by atoms with van der Waals surface area (Å²) < 4.78 is 21.9. The lowest BCUT2D eigenvalue weighted by molar-refractivity contribution is -0.145. The Morgan fingerprint density at radius 1 is 1.17 bits per heavy atom. The molecule has 1 aliphatic rings. The summed E-state index contributed by atoms with van der Waals surface area (Å²) in [6.07, 6.45) is 1.60. The topological polar surface area (TPSA) is 83.4 Å². The summed E-state index contributed by atoms with van der Waals surface area (Å²) >= 11 is 2.20. The second-order valence-corrected chi connectivity index (χ2v) is 7.09. The van der Waals surface area contributed by atoms with Crippen LogP contribution in [0, 0.1) is 3.57 Å². The average Bonchev–Trinajstić information content (AvgIpc) is 3.08. The van der Waals surface area contributed by atoms with E-state index in [-0.39, 0.29) is 24.8 Å². The van der Waals surface area contributed by atoms with Crippen LogP contribution in [-0.4, -0.2) is 38.2 Å². The zero-order valence-electron chi connectivity index (χ0n) is 15.8. The molecule has 1 aliphatic heterocycles. The number of hydrogen-bond acceptors (Lipinski definition) is 7. The van der Waals surface area contributed by atoms with Crippen molar-refractivity contribution in [2.75, 3.05) is 20.3 Å². The normalized spacial score (nSPS) is 14.4. The number of esters is 2. The molecule has 1 heterocycles. The van der Waals surface area contributed by atoms with Gasteiger partial charge in [0, 0.05) is 9.13 Å². The van der Waals surface area contributed by atoms with Crippen LogP contribution in [0.25, 0.3) is 6.08 Å². The largest absolute Gasteiger partial charge is 0.493 e. The minimum atomic E-state index is -0.528. The molecule has 29 heavy (non-hydrogen) atoms. The first-order valence-corrected chi connectivity index (χ1v) is 9.83. The minimum absolute atomic E-state index is 0.181. The second-order valence-electron chi connectivity index (χ2n) is 5.85. The lowest BCUT2D eigenvalue weighted by Gasteiger charge is -2.10. The number of rotatable bonds is 7. The van der Waals surface area contributed by atoms with Crippen LogP contribution in [0.4, 0.5) is 0 Å². The van der Waals surface area contributed by atoms with Gasteiger partial charge in [0.25, 0.3) is 0 Å². The van der Waals surface area contributed by atoms with Crippen LogP contribution in [0.3, 0.4) is 0 Å². The molecule has 0 aromatic heterocycles.